The zero-order chi connectivity index (χ0) is 16.5. The molecule has 0 radical (unpaired) electrons. The van der Waals surface area contributed by atoms with Crippen LogP contribution in [0.2, 0.25) is 5.02 Å². The molecule has 0 fully saturated rings. The van der Waals surface area contributed by atoms with E-state index in [0.29, 0.717) is 0 Å². The molecule has 0 saturated carbocycles. The van der Waals surface area contributed by atoms with E-state index in [0.717, 1.165) is 49.0 Å². The zero-order valence-corrected chi connectivity index (χ0v) is 15.2. The number of nitrogens with zero attached hydrogens (tertiary/aromatic N) is 2. The summed E-state index contributed by atoms with van der Waals surface area (Å²) in [4.78, 5) is 8.81. The molecule has 0 aliphatic heterocycles. The van der Waals surface area contributed by atoms with Crippen molar-refractivity contribution in [2.45, 2.75) is 26.2 Å². The van der Waals surface area contributed by atoms with Gasteiger partial charge in [0.25, 0.3) is 0 Å². The predicted octanol–water partition coefficient (Wildman–Crippen LogP) is 3.31. The molecule has 1 heterocycles. The van der Waals surface area contributed by atoms with Crippen molar-refractivity contribution in [3.63, 3.8) is 0 Å². The molecule has 4 nitrogen and oxygen atoms in total. The van der Waals surface area contributed by atoms with Crippen LogP contribution in [0.25, 0.3) is 0 Å². The first-order valence-electron chi connectivity index (χ1n) is 7.83. The summed E-state index contributed by atoms with van der Waals surface area (Å²) in [5.74, 6) is 0.818. The number of nitrogens with one attached hydrogen (secondary N) is 2. The minimum atomic E-state index is 0.778. The molecule has 6 heteroatoms. The Balaban J connectivity index is 1.69. The number of guanidine groups is 1. The summed E-state index contributed by atoms with van der Waals surface area (Å²) in [6, 6.07) is 7.94. The molecule has 124 valence electrons. The number of rotatable bonds is 7. The number of hydrogen-bond donors (Lipinski definition) is 2. The largest absolute Gasteiger partial charge is 0.356 e. The first kappa shape index (κ1) is 17.8. The molecule has 0 bridgehead atoms. The maximum atomic E-state index is 5.99. The minimum absolute atomic E-state index is 0.778. The normalized spacial score (nSPS) is 11.5. The van der Waals surface area contributed by atoms with Gasteiger partial charge in [-0.1, -0.05) is 30.7 Å². The lowest BCUT2D eigenvalue weighted by molar-refractivity contribution is 0.776. The van der Waals surface area contributed by atoms with Crippen LogP contribution in [0.3, 0.4) is 0 Å². The van der Waals surface area contributed by atoms with Crippen molar-refractivity contribution in [3.8, 4) is 0 Å². The molecule has 0 saturated heterocycles. The highest BCUT2D eigenvalue weighted by molar-refractivity contribution is 7.09. The Labute approximate surface area is 147 Å². The van der Waals surface area contributed by atoms with Crippen molar-refractivity contribution >= 4 is 28.9 Å². The van der Waals surface area contributed by atoms with E-state index in [-0.39, 0.29) is 0 Å². The van der Waals surface area contributed by atoms with Gasteiger partial charge in [-0.05, 0) is 30.5 Å². The van der Waals surface area contributed by atoms with Gasteiger partial charge in [0.1, 0.15) is 0 Å². The van der Waals surface area contributed by atoms with Crippen molar-refractivity contribution < 1.29 is 0 Å². The molecule has 0 atom stereocenters. The molecule has 1 aromatic carbocycles. The third-order valence-electron chi connectivity index (χ3n) is 3.39. The van der Waals surface area contributed by atoms with Crippen LogP contribution in [-0.2, 0) is 19.3 Å². The molecular weight excluding hydrogens is 328 g/mol. The summed E-state index contributed by atoms with van der Waals surface area (Å²) in [5, 5.41) is 10.7. The summed E-state index contributed by atoms with van der Waals surface area (Å²) in [6.07, 6.45) is 2.82. The molecule has 0 unspecified atom stereocenters. The molecule has 0 aliphatic carbocycles. The van der Waals surface area contributed by atoms with Gasteiger partial charge in [-0.3, -0.25) is 4.99 Å². The van der Waals surface area contributed by atoms with Crippen molar-refractivity contribution in [1.82, 2.24) is 15.6 Å². The highest BCUT2D eigenvalue weighted by Crippen LogP contribution is 2.11. The van der Waals surface area contributed by atoms with E-state index in [9.17, 15) is 0 Å². The van der Waals surface area contributed by atoms with Crippen LogP contribution in [0.4, 0.5) is 0 Å². The second kappa shape index (κ2) is 9.53. The fourth-order valence-corrected chi connectivity index (χ4v) is 3.17. The summed E-state index contributed by atoms with van der Waals surface area (Å²) >= 11 is 7.72. The van der Waals surface area contributed by atoms with Crippen molar-refractivity contribution in [2.75, 3.05) is 20.1 Å². The number of aryl methyl sites for hydroxylation is 1. The lowest BCUT2D eigenvalue weighted by Gasteiger charge is -2.11. The third-order valence-corrected chi connectivity index (χ3v) is 4.67. The highest BCUT2D eigenvalue weighted by atomic mass is 35.5. The van der Waals surface area contributed by atoms with Gasteiger partial charge in [0.05, 0.1) is 10.7 Å². The first-order valence-corrected chi connectivity index (χ1v) is 9.09. The van der Waals surface area contributed by atoms with Gasteiger partial charge >= 0.3 is 0 Å². The lowest BCUT2D eigenvalue weighted by Crippen LogP contribution is -2.39. The molecule has 0 aliphatic rings. The van der Waals surface area contributed by atoms with Crippen LogP contribution in [0.5, 0.6) is 0 Å². The second-order valence-electron chi connectivity index (χ2n) is 5.14. The maximum Gasteiger partial charge on any atom is 0.190 e. The summed E-state index contributed by atoms with van der Waals surface area (Å²) < 4.78 is 0. The Morgan fingerprint density at radius 2 is 2.04 bits per heavy atom. The average molecular weight is 351 g/mol. The SMILES string of the molecule is CCc1nc(CCNC(=NC)NCCc2cccc(Cl)c2)cs1. The van der Waals surface area contributed by atoms with Gasteiger partial charge < -0.3 is 10.6 Å². The van der Waals surface area contributed by atoms with Gasteiger partial charge in [-0.2, -0.15) is 0 Å². The molecule has 23 heavy (non-hydrogen) atoms. The predicted molar refractivity (Wildman–Crippen MR) is 99.7 cm³/mol. The number of halogens is 1. The molecular formula is C17H23ClN4S. The number of thiazole rings is 1. The van der Waals surface area contributed by atoms with Crippen molar-refractivity contribution in [3.05, 3.63) is 50.9 Å². The fourth-order valence-electron chi connectivity index (χ4n) is 2.17. The average Bonchev–Trinajstić information content (AvgIpc) is 3.01. The van der Waals surface area contributed by atoms with Crippen LogP contribution < -0.4 is 10.6 Å². The summed E-state index contributed by atoms with van der Waals surface area (Å²) in [7, 11) is 1.78. The van der Waals surface area contributed by atoms with Gasteiger partial charge in [-0.25, -0.2) is 4.98 Å². The Hall–Kier alpha value is -1.59. The summed E-state index contributed by atoms with van der Waals surface area (Å²) in [6.45, 7) is 3.77. The molecule has 2 N–H and O–H groups in total. The summed E-state index contributed by atoms with van der Waals surface area (Å²) in [5.41, 5.74) is 2.36. The molecule has 1 aromatic heterocycles. The standard InChI is InChI=1S/C17H23ClN4S/c1-3-16-22-15(12-23-16)8-10-21-17(19-2)20-9-7-13-5-4-6-14(18)11-13/h4-6,11-12H,3,7-10H2,1-2H3,(H2,19,20,21). The maximum absolute atomic E-state index is 5.99. The number of benzene rings is 1. The van der Waals surface area contributed by atoms with Crippen LogP contribution in [-0.4, -0.2) is 31.1 Å². The third kappa shape index (κ3) is 6.20. The quantitative estimate of drug-likeness (QED) is 0.595. The first-order chi connectivity index (χ1) is 11.2. The fraction of sp³-hybridized carbons (Fsp3) is 0.412. The van der Waals surface area contributed by atoms with Crippen molar-refractivity contribution in [2.24, 2.45) is 4.99 Å². The van der Waals surface area contributed by atoms with E-state index in [1.54, 1.807) is 18.4 Å². The van der Waals surface area contributed by atoms with Crippen LogP contribution in [0, 0.1) is 0 Å². The van der Waals surface area contributed by atoms with Crippen molar-refractivity contribution in [1.29, 1.82) is 0 Å². The Morgan fingerprint density at radius 1 is 1.26 bits per heavy atom. The van der Waals surface area contributed by atoms with Gasteiger partial charge in [0.2, 0.25) is 0 Å². The van der Waals surface area contributed by atoms with E-state index in [1.807, 2.05) is 18.2 Å². The Kier molecular flexibility index (Phi) is 7.36. The minimum Gasteiger partial charge on any atom is -0.356 e. The van der Waals surface area contributed by atoms with E-state index in [1.165, 1.54) is 10.6 Å². The van der Waals surface area contributed by atoms with Gasteiger partial charge in [0, 0.05) is 37.0 Å². The molecule has 0 spiro atoms. The lowest BCUT2D eigenvalue weighted by atomic mass is 10.1. The van der Waals surface area contributed by atoms with E-state index >= 15 is 0 Å². The van der Waals surface area contributed by atoms with Gasteiger partial charge in [0.15, 0.2) is 5.96 Å². The number of hydrogen-bond acceptors (Lipinski definition) is 3. The van der Waals surface area contributed by atoms with Crippen LogP contribution >= 0.6 is 22.9 Å². The van der Waals surface area contributed by atoms with Crippen LogP contribution in [0.1, 0.15) is 23.2 Å². The molecule has 0 amide bonds. The molecule has 2 rings (SSSR count). The van der Waals surface area contributed by atoms with E-state index in [4.69, 9.17) is 11.6 Å². The van der Waals surface area contributed by atoms with E-state index < -0.39 is 0 Å². The monoisotopic (exact) mass is 350 g/mol. The smallest absolute Gasteiger partial charge is 0.190 e. The van der Waals surface area contributed by atoms with Crippen LogP contribution in [0.15, 0.2) is 34.6 Å². The second-order valence-corrected chi connectivity index (χ2v) is 6.52. The Bertz CT molecular complexity index is 639. The topological polar surface area (TPSA) is 49.3 Å². The number of aliphatic imine (C=N–C) groups is 1. The molecule has 2 aromatic rings. The Morgan fingerprint density at radius 3 is 2.70 bits per heavy atom. The zero-order valence-electron chi connectivity index (χ0n) is 13.6. The highest BCUT2D eigenvalue weighted by Gasteiger charge is 2.02. The number of aromatic nitrogens is 1. The van der Waals surface area contributed by atoms with Gasteiger partial charge in [-0.15, -0.1) is 11.3 Å². The van der Waals surface area contributed by atoms with E-state index in [2.05, 4.69) is 39.0 Å².